The van der Waals surface area contributed by atoms with Crippen LogP contribution in [0.15, 0.2) is 36.4 Å². The van der Waals surface area contributed by atoms with Crippen LogP contribution in [0.3, 0.4) is 0 Å². The van der Waals surface area contributed by atoms with E-state index in [1.165, 1.54) is 23.5 Å². The van der Waals surface area contributed by atoms with Crippen LogP contribution in [0.2, 0.25) is 0 Å². The van der Waals surface area contributed by atoms with Gasteiger partial charge in [-0.05, 0) is 48.7 Å². The molecule has 2 unspecified atom stereocenters. The summed E-state index contributed by atoms with van der Waals surface area (Å²) in [5.41, 5.74) is 0.685. The van der Waals surface area contributed by atoms with Crippen LogP contribution in [0, 0.1) is 5.92 Å². The summed E-state index contributed by atoms with van der Waals surface area (Å²) in [4.78, 5) is 27.3. The largest absolute Gasteiger partial charge is 0.471 e. The number of piperidine rings is 1. The number of amides is 2. The SMILES string of the molecule is O=C(NC1CN2CC[C@H]1C2)c1ccc(-c2cccc(NC(=O)C(F)(F)F)c2)s1. The van der Waals surface area contributed by atoms with E-state index >= 15 is 0 Å². The highest BCUT2D eigenvalue weighted by Gasteiger charge is 2.39. The van der Waals surface area contributed by atoms with Crippen LogP contribution in [-0.4, -0.2) is 48.6 Å². The van der Waals surface area contributed by atoms with Crippen LogP contribution in [0.25, 0.3) is 10.4 Å². The maximum Gasteiger partial charge on any atom is 0.471 e. The third-order valence-corrected chi connectivity index (χ3v) is 6.27. The molecule has 2 saturated heterocycles. The van der Waals surface area contributed by atoms with Crippen molar-refractivity contribution in [3.63, 3.8) is 0 Å². The smallest absolute Gasteiger partial charge is 0.347 e. The van der Waals surface area contributed by atoms with E-state index in [0.29, 0.717) is 16.4 Å². The molecule has 1 aromatic heterocycles. The van der Waals surface area contributed by atoms with Gasteiger partial charge in [0.25, 0.3) is 5.91 Å². The highest BCUT2D eigenvalue weighted by Crippen LogP contribution is 2.32. The van der Waals surface area contributed by atoms with Gasteiger partial charge in [-0.15, -0.1) is 11.3 Å². The van der Waals surface area contributed by atoms with E-state index in [1.807, 2.05) is 5.32 Å². The fourth-order valence-corrected chi connectivity index (χ4v) is 4.66. The lowest BCUT2D eigenvalue weighted by Crippen LogP contribution is -2.42. The Morgan fingerprint density at radius 1 is 1.14 bits per heavy atom. The average molecular weight is 409 g/mol. The summed E-state index contributed by atoms with van der Waals surface area (Å²) < 4.78 is 37.2. The van der Waals surface area contributed by atoms with Gasteiger partial charge >= 0.3 is 12.1 Å². The van der Waals surface area contributed by atoms with E-state index in [-0.39, 0.29) is 17.6 Å². The predicted octanol–water partition coefficient (Wildman–Crippen LogP) is 3.35. The zero-order valence-electron chi connectivity index (χ0n) is 14.8. The molecule has 2 N–H and O–H groups in total. The monoisotopic (exact) mass is 409 g/mol. The van der Waals surface area contributed by atoms with E-state index in [9.17, 15) is 22.8 Å². The number of alkyl halides is 3. The summed E-state index contributed by atoms with van der Waals surface area (Å²) in [5, 5.41) is 4.94. The Bertz CT molecular complexity index is 912. The van der Waals surface area contributed by atoms with E-state index in [2.05, 4.69) is 10.2 Å². The lowest BCUT2D eigenvalue weighted by atomic mass is 10.00. The Morgan fingerprint density at radius 3 is 2.64 bits per heavy atom. The van der Waals surface area contributed by atoms with Crippen LogP contribution in [0.1, 0.15) is 16.1 Å². The Hall–Kier alpha value is -2.39. The Balaban J connectivity index is 1.44. The van der Waals surface area contributed by atoms with Crippen molar-refractivity contribution in [1.29, 1.82) is 0 Å². The molecular formula is C19H18F3N3O2S. The molecule has 2 bridgehead atoms. The number of carbonyl (C=O) groups excluding carboxylic acids is 2. The summed E-state index contributed by atoms with van der Waals surface area (Å²) in [5.74, 6) is -1.63. The maximum absolute atomic E-state index is 12.5. The summed E-state index contributed by atoms with van der Waals surface area (Å²) in [7, 11) is 0. The zero-order valence-corrected chi connectivity index (χ0v) is 15.6. The van der Waals surface area contributed by atoms with Gasteiger partial charge in [0.15, 0.2) is 0 Å². The molecule has 3 heterocycles. The van der Waals surface area contributed by atoms with Gasteiger partial charge in [0, 0.05) is 29.7 Å². The molecule has 2 aliphatic rings. The third kappa shape index (κ3) is 3.90. The van der Waals surface area contributed by atoms with Crippen LogP contribution >= 0.6 is 11.3 Å². The van der Waals surface area contributed by atoms with Crippen molar-refractivity contribution < 1.29 is 22.8 Å². The molecule has 2 aliphatic heterocycles. The van der Waals surface area contributed by atoms with Gasteiger partial charge in [-0.1, -0.05) is 12.1 Å². The fraction of sp³-hybridized carbons (Fsp3) is 0.368. The second-order valence-electron chi connectivity index (χ2n) is 7.08. The molecule has 28 heavy (non-hydrogen) atoms. The second kappa shape index (κ2) is 7.21. The summed E-state index contributed by atoms with van der Waals surface area (Å²) in [6.07, 6.45) is -3.84. The number of rotatable bonds is 4. The van der Waals surface area contributed by atoms with Crippen LogP contribution in [-0.2, 0) is 4.79 Å². The lowest BCUT2D eigenvalue weighted by molar-refractivity contribution is -0.167. The summed E-state index contributed by atoms with van der Waals surface area (Å²) in [6.45, 7) is 3.02. The molecule has 9 heteroatoms. The summed E-state index contributed by atoms with van der Waals surface area (Å²) >= 11 is 1.27. The van der Waals surface area contributed by atoms with Crippen molar-refractivity contribution in [2.45, 2.75) is 18.6 Å². The Morgan fingerprint density at radius 2 is 1.96 bits per heavy atom. The van der Waals surface area contributed by atoms with Crippen LogP contribution in [0.5, 0.6) is 0 Å². The number of halogens is 3. The maximum atomic E-state index is 12.5. The molecule has 0 aliphatic carbocycles. The van der Waals surface area contributed by atoms with Gasteiger partial charge in [-0.2, -0.15) is 13.2 Å². The Labute approximate surface area is 163 Å². The molecule has 0 spiro atoms. The van der Waals surface area contributed by atoms with Crippen LogP contribution < -0.4 is 10.6 Å². The fourth-order valence-electron chi connectivity index (χ4n) is 3.75. The van der Waals surface area contributed by atoms with Gasteiger partial charge in [-0.25, -0.2) is 0 Å². The van der Waals surface area contributed by atoms with E-state index < -0.39 is 12.1 Å². The number of hydrogen-bond acceptors (Lipinski definition) is 4. The van der Waals surface area contributed by atoms with Crippen molar-refractivity contribution >= 4 is 28.8 Å². The van der Waals surface area contributed by atoms with Crippen LogP contribution in [0.4, 0.5) is 18.9 Å². The first-order chi connectivity index (χ1) is 13.3. The second-order valence-corrected chi connectivity index (χ2v) is 8.17. The number of hydrogen-bond donors (Lipinski definition) is 2. The standard InChI is InChI=1S/C19H18F3N3O2S/c20-19(21,22)18(27)23-13-3-1-2-11(8-13)15-4-5-16(28-15)17(26)24-14-10-25-7-6-12(14)9-25/h1-5,8,12,14H,6-7,9-10H2,(H,23,27)(H,24,26)/t12-,14?/m0/s1. The number of fused-ring (bicyclic) bond motifs is 2. The molecule has 148 valence electrons. The quantitative estimate of drug-likeness (QED) is 0.814. The first-order valence-electron chi connectivity index (χ1n) is 8.91. The molecule has 1 aromatic carbocycles. The van der Waals surface area contributed by atoms with E-state index in [4.69, 9.17) is 0 Å². The lowest BCUT2D eigenvalue weighted by Gasteiger charge is -2.22. The number of nitrogens with one attached hydrogen (secondary N) is 2. The number of anilines is 1. The normalized spacial score (nSPS) is 23.6. The van der Waals surface area contributed by atoms with Crippen molar-refractivity contribution in [2.75, 3.05) is 25.0 Å². The molecule has 0 saturated carbocycles. The molecule has 2 aromatic rings. The minimum atomic E-state index is -4.94. The van der Waals surface area contributed by atoms with Crippen molar-refractivity contribution in [2.24, 2.45) is 5.92 Å². The number of carbonyl (C=O) groups is 2. The first-order valence-corrected chi connectivity index (χ1v) is 9.73. The number of nitrogens with zero attached hydrogens (tertiary/aromatic N) is 1. The van der Waals surface area contributed by atoms with Gasteiger partial charge in [0.05, 0.1) is 4.88 Å². The van der Waals surface area contributed by atoms with Gasteiger partial charge in [0.2, 0.25) is 0 Å². The average Bonchev–Trinajstić information content (AvgIpc) is 3.38. The highest BCUT2D eigenvalue weighted by atomic mass is 32.1. The topological polar surface area (TPSA) is 61.4 Å². The first kappa shape index (κ1) is 18.9. The predicted molar refractivity (Wildman–Crippen MR) is 100 cm³/mol. The molecule has 2 fully saturated rings. The number of benzene rings is 1. The molecule has 2 amide bonds. The molecule has 3 atom stereocenters. The number of thiophene rings is 1. The van der Waals surface area contributed by atoms with Gasteiger partial charge < -0.3 is 15.5 Å². The van der Waals surface area contributed by atoms with Crippen molar-refractivity contribution in [1.82, 2.24) is 10.2 Å². The zero-order chi connectivity index (χ0) is 19.9. The van der Waals surface area contributed by atoms with Crippen molar-refractivity contribution in [3.05, 3.63) is 41.3 Å². The minimum Gasteiger partial charge on any atom is -0.347 e. The van der Waals surface area contributed by atoms with E-state index in [0.717, 1.165) is 30.9 Å². The van der Waals surface area contributed by atoms with Gasteiger partial charge in [0.1, 0.15) is 0 Å². The Kier molecular flexibility index (Phi) is 4.88. The van der Waals surface area contributed by atoms with E-state index in [1.54, 1.807) is 24.3 Å². The highest BCUT2D eigenvalue weighted by molar-refractivity contribution is 7.17. The minimum absolute atomic E-state index is 0.0512. The van der Waals surface area contributed by atoms with Crippen molar-refractivity contribution in [3.8, 4) is 10.4 Å². The molecule has 0 radical (unpaired) electrons. The summed E-state index contributed by atoms with van der Waals surface area (Å²) in [6, 6.07) is 9.77. The third-order valence-electron chi connectivity index (χ3n) is 5.14. The molecule has 5 nitrogen and oxygen atoms in total. The molecular weight excluding hydrogens is 391 g/mol. The molecule has 4 rings (SSSR count). The van der Waals surface area contributed by atoms with Gasteiger partial charge in [-0.3, -0.25) is 9.59 Å².